The lowest BCUT2D eigenvalue weighted by molar-refractivity contribution is 0.603. The van der Waals surface area contributed by atoms with Crippen LogP contribution in [0.1, 0.15) is 18.2 Å². The second-order valence-electron chi connectivity index (χ2n) is 10.9. The molecule has 2 nitrogen and oxygen atoms in total. The van der Waals surface area contributed by atoms with Crippen molar-refractivity contribution in [3.05, 3.63) is 151 Å². The minimum atomic E-state index is 0.815. The van der Waals surface area contributed by atoms with Crippen molar-refractivity contribution in [1.29, 1.82) is 0 Å². The van der Waals surface area contributed by atoms with Crippen molar-refractivity contribution in [3.63, 3.8) is 0 Å². The summed E-state index contributed by atoms with van der Waals surface area (Å²) >= 11 is 1.86. The van der Waals surface area contributed by atoms with Crippen LogP contribution >= 0.6 is 11.3 Å². The van der Waals surface area contributed by atoms with Crippen molar-refractivity contribution in [2.45, 2.75) is 6.92 Å². The number of fused-ring (bicyclic) bond motifs is 6. The normalized spacial score (nSPS) is 11.8. The monoisotopic (exact) mass is 583 g/mol. The third kappa shape index (κ3) is 4.24. The van der Waals surface area contributed by atoms with E-state index in [1.165, 1.54) is 42.1 Å². The molecule has 0 saturated heterocycles. The second kappa shape index (κ2) is 10.7. The third-order valence-electron chi connectivity index (χ3n) is 8.36. The maximum absolute atomic E-state index is 6.57. The summed E-state index contributed by atoms with van der Waals surface area (Å²) in [5.74, 6) is 0.815. The van der Waals surface area contributed by atoms with E-state index in [4.69, 9.17) is 4.42 Å². The molecule has 0 atom stereocenters. The number of anilines is 3. The fourth-order valence-electron chi connectivity index (χ4n) is 6.30. The number of para-hydroxylation sites is 1. The minimum absolute atomic E-state index is 0.815. The SMILES string of the molecule is C=Cc1c(/C=C\C)oc2c(N(c3ccc(-c4ccccc4)cc3)c3ccc4sc5c6ccccc6ccc5c4c3)cccc12. The lowest BCUT2D eigenvalue weighted by Gasteiger charge is -2.26. The summed E-state index contributed by atoms with van der Waals surface area (Å²) in [5, 5.41) is 6.16. The van der Waals surface area contributed by atoms with Crippen LogP contribution in [-0.2, 0) is 0 Å². The molecule has 6 aromatic carbocycles. The van der Waals surface area contributed by atoms with Gasteiger partial charge in [0, 0.05) is 42.5 Å². The second-order valence-corrected chi connectivity index (χ2v) is 12.0. The highest BCUT2D eigenvalue weighted by Gasteiger charge is 2.21. The van der Waals surface area contributed by atoms with Gasteiger partial charge in [0.25, 0.3) is 0 Å². The smallest absolute Gasteiger partial charge is 0.159 e. The van der Waals surface area contributed by atoms with Gasteiger partial charge in [-0.3, -0.25) is 0 Å². The van der Waals surface area contributed by atoms with Crippen LogP contribution in [0.15, 0.2) is 144 Å². The number of hydrogen-bond acceptors (Lipinski definition) is 3. The highest BCUT2D eigenvalue weighted by molar-refractivity contribution is 7.26. The largest absolute Gasteiger partial charge is 0.454 e. The van der Waals surface area contributed by atoms with Gasteiger partial charge in [0.15, 0.2) is 5.58 Å². The Bertz CT molecular complexity index is 2360. The maximum Gasteiger partial charge on any atom is 0.159 e. The Labute approximate surface area is 260 Å². The highest BCUT2D eigenvalue weighted by atomic mass is 32.1. The summed E-state index contributed by atoms with van der Waals surface area (Å²) in [7, 11) is 0. The first-order chi connectivity index (χ1) is 21.7. The molecule has 8 rings (SSSR count). The Balaban J connectivity index is 1.36. The topological polar surface area (TPSA) is 16.4 Å². The van der Waals surface area contributed by atoms with E-state index >= 15 is 0 Å². The lowest BCUT2D eigenvalue weighted by Crippen LogP contribution is -2.10. The third-order valence-corrected chi connectivity index (χ3v) is 9.58. The van der Waals surface area contributed by atoms with Crippen molar-refractivity contribution in [2.24, 2.45) is 0 Å². The van der Waals surface area contributed by atoms with Crippen LogP contribution in [0.5, 0.6) is 0 Å². The van der Waals surface area contributed by atoms with Crippen LogP contribution in [0.3, 0.4) is 0 Å². The van der Waals surface area contributed by atoms with E-state index in [1.807, 2.05) is 36.5 Å². The molecule has 0 aliphatic heterocycles. The van der Waals surface area contributed by atoms with Gasteiger partial charge in [0.1, 0.15) is 5.76 Å². The number of rotatable bonds is 6. The molecule has 8 aromatic rings. The van der Waals surface area contributed by atoms with Gasteiger partial charge in [-0.25, -0.2) is 0 Å². The molecule has 0 saturated carbocycles. The summed E-state index contributed by atoms with van der Waals surface area (Å²) in [6.45, 7) is 6.10. The van der Waals surface area contributed by atoms with Crippen LogP contribution in [0.2, 0.25) is 0 Å². The molecule has 0 unspecified atom stereocenters. The molecule has 0 radical (unpaired) electrons. The van der Waals surface area contributed by atoms with Gasteiger partial charge < -0.3 is 9.32 Å². The number of nitrogens with zero attached hydrogens (tertiary/aromatic N) is 1. The average Bonchev–Trinajstić information content (AvgIpc) is 3.64. The number of thiophene rings is 1. The fourth-order valence-corrected chi connectivity index (χ4v) is 7.51. The zero-order valence-electron chi connectivity index (χ0n) is 24.3. The molecule has 3 heteroatoms. The number of hydrogen-bond donors (Lipinski definition) is 0. The predicted octanol–water partition coefficient (Wildman–Crippen LogP) is 12.8. The summed E-state index contributed by atoms with van der Waals surface area (Å²) < 4.78 is 9.18. The number of benzene rings is 6. The zero-order chi connectivity index (χ0) is 29.6. The van der Waals surface area contributed by atoms with E-state index in [2.05, 4.69) is 139 Å². The minimum Gasteiger partial charge on any atom is -0.454 e. The van der Waals surface area contributed by atoms with E-state index in [0.29, 0.717) is 0 Å². The van der Waals surface area contributed by atoms with E-state index in [9.17, 15) is 0 Å². The highest BCUT2D eigenvalue weighted by Crippen LogP contribution is 2.45. The molecule has 0 amide bonds. The van der Waals surface area contributed by atoms with Crippen LogP contribution in [0, 0.1) is 0 Å². The van der Waals surface area contributed by atoms with Crippen molar-refractivity contribution in [1.82, 2.24) is 0 Å². The van der Waals surface area contributed by atoms with Gasteiger partial charge in [-0.05, 0) is 71.3 Å². The Morgan fingerprint density at radius 2 is 1.41 bits per heavy atom. The Kier molecular flexibility index (Phi) is 6.40. The van der Waals surface area contributed by atoms with Crippen LogP contribution in [0.4, 0.5) is 17.1 Å². The van der Waals surface area contributed by atoms with Crippen LogP contribution in [0.25, 0.3) is 65.2 Å². The fraction of sp³-hybridized carbons (Fsp3) is 0.0244. The van der Waals surface area contributed by atoms with Gasteiger partial charge in [0.2, 0.25) is 0 Å². The molecule has 0 aliphatic carbocycles. The molecular formula is C41H29NOS. The molecule has 2 heterocycles. The molecule has 0 fully saturated rings. The van der Waals surface area contributed by atoms with E-state index in [0.717, 1.165) is 39.4 Å². The van der Waals surface area contributed by atoms with Crippen molar-refractivity contribution < 1.29 is 4.42 Å². The average molecular weight is 584 g/mol. The molecule has 44 heavy (non-hydrogen) atoms. The van der Waals surface area contributed by atoms with E-state index < -0.39 is 0 Å². The molecular weight excluding hydrogens is 555 g/mol. The molecule has 0 N–H and O–H groups in total. The van der Waals surface area contributed by atoms with Crippen molar-refractivity contribution >= 4 is 82.5 Å². The van der Waals surface area contributed by atoms with Gasteiger partial charge in [-0.1, -0.05) is 110 Å². The Morgan fingerprint density at radius 1 is 0.659 bits per heavy atom. The first kappa shape index (κ1) is 26.3. The van der Waals surface area contributed by atoms with Gasteiger partial charge in [0.05, 0.1) is 5.69 Å². The Hall–Kier alpha value is -5.38. The summed E-state index contributed by atoms with van der Waals surface area (Å²) in [5.41, 5.74) is 7.34. The molecule has 0 aliphatic rings. The van der Waals surface area contributed by atoms with E-state index in [-0.39, 0.29) is 0 Å². The standard InChI is InChI=1S/C41H29NOS/c1-3-11-38-32(4-2)34-16-10-17-37(40(34)43-38)42(30-21-18-28(19-22-30)27-12-6-5-7-13-27)31-23-25-39-36(26-31)35-24-20-29-14-8-9-15-33(29)41(35)44-39/h3-26H,2H2,1H3/b11-3-. The number of allylic oxidation sites excluding steroid dienone is 1. The quantitative estimate of drug-likeness (QED) is 0.194. The molecule has 210 valence electrons. The summed E-state index contributed by atoms with van der Waals surface area (Å²) in [6.07, 6.45) is 5.90. The maximum atomic E-state index is 6.57. The van der Waals surface area contributed by atoms with Crippen LogP contribution < -0.4 is 4.90 Å². The molecule has 2 aromatic heterocycles. The lowest BCUT2D eigenvalue weighted by atomic mass is 10.0. The zero-order valence-corrected chi connectivity index (χ0v) is 25.1. The Morgan fingerprint density at radius 3 is 2.23 bits per heavy atom. The van der Waals surface area contributed by atoms with Gasteiger partial charge >= 0.3 is 0 Å². The predicted molar refractivity (Wildman–Crippen MR) is 192 cm³/mol. The number of furan rings is 1. The van der Waals surface area contributed by atoms with Crippen molar-refractivity contribution in [2.75, 3.05) is 4.90 Å². The van der Waals surface area contributed by atoms with E-state index in [1.54, 1.807) is 0 Å². The summed E-state index contributed by atoms with van der Waals surface area (Å²) in [6, 6.07) is 45.7. The molecule has 0 bridgehead atoms. The van der Waals surface area contributed by atoms with Crippen molar-refractivity contribution in [3.8, 4) is 11.1 Å². The van der Waals surface area contributed by atoms with Gasteiger partial charge in [-0.15, -0.1) is 11.3 Å². The first-order valence-corrected chi connectivity index (χ1v) is 15.7. The van der Waals surface area contributed by atoms with Crippen LogP contribution in [-0.4, -0.2) is 0 Å². The van der Waals surface area contributed by atoms with Gasteiger partial charge in [-0.2, -0.15) is 0 Å². The summed E-state index contributed by atoms with van der Waals surface area (Å²) in [4.78, 5) is 2.32. The first-order valence-electron chi connectivity index (χ1n) is 14.8. The molecule has 0 spiro atoms.